The van der Waals surface area contributed by atoms with Gasteiger partial charge < -0.3 is 0 Å². The van der Waals surface area contributed by atoms with Gasteiger partial charge in [-0.15, -0.1) is 10.3 Å². The van der Waals surface area contributed by atoms with Crippen LogP contribution in [0.2, 0.25) is 0 Å². The van der Waals surface area contributed by atoms with Gasteiger partial charge in [0.1, 0.15) is 6.10 Å². The molecular formula is C12H12N2O5S. The molecule has 0 unspecified atom stereocenters. The zero-order valence-electron chi connectivity index (χ0n) is 10.2. The van der Waals surface area contributed by atoms with Gasteiger partial charge >= 0.3 is 10.4 Å². The molecule has 2 rings (SSSR count). The first-order valence-corrected chi connectivity index (χ1v) is 6.95. The monoisotopic (exact) mass is 296 g/mol. The highest BCUT2D eigenvalue weighted by atomic mass is 32.3. The molecule has 0 aromatic heterocycles. The predicted octanol–water partition coefficient (Wildman–Crippen LogP) is 1.55. The number of para-hydroxylation sites is 1. The maximum atomic E-state index is 10.5. The molecule has 1 aliphatic carbocycles. The Bertz CT molecular complexity index is 636. The van der Waals surface area contributed by atoms with E-state index in [1.807, 2.05) is 6.07 Å². The van der Waals surface area contributed by atoms with Crippen molar-refractivity contribution < 1.29 is 22.4 Å². The summed E-state index contributed by atoms with van der Waals surface area (Å²) in [6.45, 7) is 0. The summed E-state index contributed by atoms with van der Waals surface area (Å²) in [5.41, 5.74) is 0.879. The van der Waals surface area contributed by atoms with E-state index in [9.17, 15) is 13.6 Å². The number of anilines is 1. The molecular weight excluding hydrogens is 284 g/mol. The van der Waals surface area contributed by atoms with Gasteiger partial charge in [0, 0.05) is 0 Å². The van der Waals surface area contributed by atoms with Crippen molar-refractivity contribution in [3.05, 3.63) is 54.6 Å². The lowest BCUT2D eigenvalue weighted by Crippen LogP contribution is -2.18. The lowest BCUT2D eigenvalue weighted by Gasteiger charge is -2.13. The summed E-state index contributed by atoms with van der Waals surface area (Å²) in [6, 6.07) is 8.65. The Balaban J connectivity index is 2.05. The molecule has 0 fully saturated rings. The minimum atomic E-state index is -4.51. The van der Waals surface area contributed by atoms with Gasteiger partial charge in [0.25, 0.3) is 0 Å². The Morgan fingerprint density at radius 3 is 2.30 bits per heavy atom. The van der Waals surface area contributed by atoms with E-state index in [2.05, 4.69) is 9.28 Å². The number of hydrazone groups is 1. The smallest absolute Gasteiger partial charge is 0.267 e. The summed E-state index contributed by atoms with van der Waals surface area (Å²) in [7, 11) is -4.51. The first-order chi connectivity index (χ1) is 9.44. The second kappa shape index (κ2) is 5.97. The molecule has 2 N–H and O–H groups in total. The van der Waals surface area contributed by atoms with Gasteiger partial charge in [-0.25, -0.2) is 4.18 Å². The third-order valence-electron chi connectivity index (χ3n) is 2.34. The van der Waals surface area contributed by atoms with Crippen molar-refractivity contribution >= 4 is 21.8 Å². The van der Waals surface area contributed by atoms with E-state index in [4.69, 9.17) is 4.55 Å². The summed E-state index contributed by atoms with van der Waals surface area (Å²) >= 11 is 0. The summed E-state index contributed by atoms with van der Waals surface area (Å²) < 4.78 is 33.9. The molecule has 0 amide bonds. The van der Waals surface area contributed by atoms with Crippen molar-refractivity contribution in [2.75, 3.05) is 5.17 Å². The minimum absolute atomic E-state index is 0.395. The zero-order valence-corrected chi connectivity index (χ0v) is 11.0. The van der Waals surface area contributed by atoms with Crippen LogP contribution in [0.5, 0.6) is 0 Å². The fourth-order valence-corrected chi connectivity index (χ4v) is 1.92. The third-order valence-corrected chi connectivity index (χ3v) is 2.81. The topological polar surface area (TPSA) is 99.4 Å². The van der Waals surface area contributed by atoms with Gasteiger partial charge in [-0.1, -0.05) is 18.2 Å². The van der Waals surface area contributed by atoms with Crippen LogP contribution in [0.3, 0.4) is 0 Å². The highest BCUT2D eigenvalue weighted by Crippen LogP contribution is 2.13. The molecule has 0 aliphatic heterocycles. The largest absolute Gasteiger partial charge is 0.398 e. The van der Waals surface area contributed by atoms with E-state index in [1.165, 1.54) is 24.3 Å². The molecule has 0 spiro atoms. The first-order valence-electron chi connectivity index (χ1n) is 5.59. The summed E-state index contributed by atoms with van der Waals surface area (Å²) in [6.07, 6.45) is 4.79. The van der Waals surface area contributed by atoms with Crippen LogP contribution in [0.15, 0.2) is 59.7 Å². The number of hydrogen-bond acceptors (Lipinski definition) is 6. The maximum absolute atomic E-state index is 10.5. The summed E-state index contributed by atoms with van der Waals surface area (Å²) in [4.78, 5) is 0. The standard InChI is InChI=1S/C12H12N2O5S/c15-14(11-4-2-1-3-5-11)13-10-6-8-12(9-7-10)19-20(16,17)18/h1-9,12,15H,(H,16,17,18). The van der Waals surface area contributed by atoms with Crippen LogP contribution in [-0.4, -0.2) is 30.0 Å². The van der Waals surface area contributed by atoms with Crippen molar-refractivity contribution in [2.24, 2.45) is 5.10 Å². The summed E-state index contributed by atoms with van der Waals surface area (Å²) in [5, 5.41) is 14.3. The van der Waals surface area contributed by atoms with Crippen LogP contribution < -0.4 is 5.17 Å². The van der Waals surface area contributed by atoms with E-state index in [-0.39, 0.29) is 0 Å². The lowest BCUT2D eigenvalue weighted by atomic mass is 10.1. The Kier molecular flexibility index (Phi) is 4.30. The number of hydrogen-bond donors (Lipinski definition) is 2. The average molecular weight is 296 g/mol. The Morgan fingerprint density at radius 1 is 1.15 bits per heavy atom. The number of rotatable bonds is 4. The van der Waals surface area contributed by atoms with Crippen LogP contribution in [0.25, 0.3) is 0 Å². The molecule has 106 valence electrons. The van der Waals surface area contributed by atoms with Crippen molar-refractivity contribution in [2.45, 2.75) is 6.10 Å². The van der Waals surface area contributed by atoms with E-state index in [1.54, 1.807) is 24.3 Å². The van der Waals surface area contributed by atoms with Crippen LogP contribution in [0, 0.1) is 0 Å². The normalized spacial score (nSPS) is 18.1. The molecule has 7 nitrogen and oxygen atoms in total. The van der Waals surface area contributed by atoms with E-state index >= 15 is 0 Å². The SMILES string of the molecule is O=S(=O)(O)OC1C=CC(=NN(O)c2ccccc2)C=C1. The maximum Gasteiger partial charge on any atom is 0.398 e. The Morgan fingerprint density at radius 2 is 1.75 bits per heavy atom. The molecule has 1 aliphatic rings. The van der Waals surface area contributed by atoms with Gasteiger partial charge in [0.15, 0.2) is 0 Å². The van der Waals surface area contributed by atoms with Crippen molar-refractivity contribution in [3.63, 3.8) is 0 Å². The minimum Gasteiger partial charge on any atom is -0.267 e. The van der Waals surface area contributed by atoms with Gasteiger partial charge in [0.05, 0.1) is 11.4 Å². The molecule has 0 saturated heterocycles. The fourth-order valence-electron chi connectivity index (χ4n) is 1.51. The van der Waals surface area contributed by atoms with Crippen LogP contribution in [-0.2, 0) is 14.6 Å². The van der Waals surface area contributed by atoms with Gasteiger partial charge in [-0.3, -0.25) is 9.76 Å². The number of benzene rings is 1. The summed E-state index contributed by atoms with van der Waals surface area (Å²) in [5.74, 6) is 0. The van der Waals surface area contributed by atoms with Crippen molar-refractivity contribution in [1.82, 2.24) is 0 Å². The molecule has 0 bridgehead atoms. The van der Waals surface area contributed by atoms with Crippen molar-refractivity contribution in [3.8, 4) is 0 Å². The lowest BCUT2D eigenvalue weighted by molar-refractivity contribution is 0.252. The van der Waals surface area contributed by atoms with Crippen LogP contribution >= 0.6 is 0 Å². The van der Waals surface area contributed by atoms with Gasteiger partial charge in [0.2, 0.25) is 0 Å². The average Bonchev–Trinajstić information content (AvgIpc) is 2.40. The molecule has 0 radical (unpaired) electrons. The third kappa shape index (κ3) is 4.28. The number of nitrogens with zero attached hydrogens (tertiary/aromatic N) is 2. The molecule has 0 atom stereocenters. The first kappa shape index (κ1) is 14.4. The fraction of sp³-hybridized carbons (Fsp3) is 0.0833. The van der Waals surface area contributed by atoms with Crippen LogP contribution in [0.1, 0.15) is 0 Å². The highest BCUT2D eigenvalue weighted by molar-refractivity contribution is 7.80. The molecule has 1 aromatic carbocycles. The number of allylic oxidation sites excluding steroid dienone is 2. The van der Waals surface area contributed by atoms with Crippen molar-refractivity contribution in [1.29, 1.82) is 0 Å². The quantitative estimate of drug-likeness (QED) is 0.646. The molecule has 1 aromatic rings. The van der Waals surface area contributed by atoms with E-state index < -0.39 is 16.5 Å². The van der Waals surface area contributed by atoms with Crippen LogP contribution in [0.4, 0.5) is 5.69 Å². The predicted molar refractivity (Wildman–Crippen MR) is 72.8 cm³/mol. The second-order valence-electron chi connectivity index (χ2n) is 3.86. The van der Waals surface area contributed by atoms with Gasteiger partial charge in [-0.2, -0.15) is 8.42 Å². The molecule has 20 heavy (non-hydrogen) atoms. The second-order valence-corrected chi connectivity index (χ2v) is 4.90. The molecule has 0 saturated carbocycles. The molecule has 0 heterocycles. The molecule has 8 heteroatoms. The highest BCUT2D eigenvalue weighted by Gasteiger charge is 2.14. The van der Waals surface area contributed by atoms with E-state index in [0.29, 0.717) is 16.6 Å². The Labute approximate surface area is 116 Å². The Hall–Kier alpha value is -2.00. The van der Waals surface area contributed by atoms with Gasteiger partial charge in [-0.05, 0) is 36.4 Å². The zero-order chi connectivity index (χ0) is 14.6. The van der Waals surface area contributed by atoms with E-state index in [0.717, 1.165) is 0 Å².